The van der Waals surface area contributed by atoms with Crippen molar-refractivity contribution in [2.45, 2.75) is 51.1 Å². The van der Waals surface area contributed by atoms with Crippen LogP contribution in [-0.4, -0.2) is 26.2 Å². The van der Waals surface area contributed by atoms with Crippen molar-refractivity contribution in [3.8, 4) is 0 Å². The van der Waals surface area contributed by atoms with Crippen molar-refractivity contribution < 1.29 is 0 Å². The Morgan fingerprint density at radius 3 is 2.81 bits per heavy atom. The van der Waals surface area contributed by atoms with Gasteiger partial charge in [0.25, 0.3) is 0 Å². The molecule has 0 spiro atoms. The van der Waals surface area contributed by atoms with Crippen LogP contribution in [0.25, 0.3) is 10.9 Å². The molecule has 4 nitrogen and oxygen atoms in total. The molecule has 0 saturated heterocycles. The Balaban J connectivity index is 1.55. The fourth-order valence-corrected chi connectivity index (χ4v) is 5.27. The summed E-state index contributed by atoms with van der Waals surface area (Å²) in [5.41, 5.74) is 5.70. The molecule has 26 heavy (non-hydrogen) atoms. The molecular formula is C22H28N4. The molecule has 2 aromatic heterocycles. The maximum Gasteiger partial charge on any atom is 0.0534 e. The lowest BCUT2D eigenvalue weighted by Crippen LogP contribution is -2.39. The average Bonchev–Trinajstić information content (AvgIpc) is 3.25. The van der Waals surface area contributed by atoms with Crippen LogP contribution in [0.1, 0.15) is 55.0 Å². The maximum atomic E-state index is 4.38. The van der Waals surface area contributed by atoms with E-state index in [2.05, 4.69) is 45.4 Å². The van der Waals surface area contributed by atoms with Crippen LogP contribution >= 0.6 is 0 Å². The molecule has 0 unspecified atom stereocenters. The second kappa shape index (κ2) is 6.58. The van der Waals surface area contributed by atoms with Crippen molar-refractivity contribution in [2.24, 2.45) is 13.0 Å². The molecule has 0 radical (unpaired) electrons. The molecule has 1 saturated carbocycles. The summed E-state index contributed by atoms with van der Waals surface area (Å²) in [4.78, 5) is 6.53. The predicted octanol–water partition coefficient (Wildman–Crippen LogP) is 4.58. The van der Waals surface area contributed by atoms with Gasteiger partial charge in [-0.05, 0) is 36.8 Å². The quantitative estimate of drug-likeness (QED) is 0.752. The molecule has 3 aromatic rings. The Bertz CT molecular complexity index is 900. The van der Waals surface area contributed by atoms with Gasteiger partial charge in [-0.3, -0.25) is 9.58 Å². The zero-order valence-corrected chi connectivity index (χ0v) is 15.6. The van der Waals surface area contributed by atoms with Crippen LogP contribution in [0.3, 0.4) is 0 Å². The molecule has 4 heteroatoms. The van der Waals surface area contributed by atoms with Gasteiger partial charge in [0.05, 0.1) is 12.2 Å². The van der Waals surface area contributed by atoms with Crippen LogP contribution < -0.4 is 0 Å². The standard InChI is InChI=1S/C22H28N4/c1-25-14-16(13-23-25)15-26-12-11-19-18-9-5-6-10-20(18)24-21(19)22(26)17-7-3-2-4-8-17/h5-6,9-10,13-14,17,22,24H,2-4,7-8,11-12,15H2,1H3/t22-/m1/s1. The maximum absolute atomic E-state index is 4.38. The number of H-pyrrole nitrogens is 1. The minimum atomic E-state index is 0.520. The predicted molar refractivity (Wildman–Crippen MR) is 105 cm³/mol. The van der Waals surface area contributed by atoms with E-state index in [0.29, 0.717) is 6.04 Å². The highest BCUT2D eigenvalue weighted by Crippen LogP contribution is 2.44. The third-order valence-electron chi connectivity index (χ3n) is 6.43. The zero-order chi connectivity index (χ0) is 17.5. The van der Waals surface area contributed by atoms with E-state index in [1.165, 1.54) is 54.3 Å². The number of hydrogen-bond donors (Lipinski definition) is 1. The summed E-state index contributed by atoms with van der Waals surface area (Å²) in [6.07, 6.45) is 12.2. The van der Waals surface area contributed by atoms with Gasteiger partial charge in [0, 0.05) is 48.5 Å². The molecule has 1 fully saturated rings. The molecular weight excluding hydrogens is 320 g/mol. The van der Waals surface area contributed by atoms with Gasteiger partial charge in [-0.15, -0.1) is 0 Å². The van der Waals surface area contributed by atoms with Crippen molar-refractivity contribution in [3.63, 3.8) is 0 Å². The number of nitrogens with zero attached hydrogens (tertiary/aromatic N) is 3. The summed E-state index contributed by atoms with van der Waals surface area (Å²) in [5.74, 6) is 0.771. The van der Waals surface area contributed by atoms with Crippen molar-refractivity contribution in [3.05, 3.63) is 53.5 Å². The Kier molecular flexibility index (Phi) is 4.08. The van der Waals surface area contributed by atoms with E-state index in [-0.39, 0.29) is 0 Å². The van der Waals surface area contributed by atoms with Gasteiger partial charge in [0.15, 0.2) is 0 Å². The van der Waals surface area contributed by atoms with Gasteiger partial charge in [0.1, 0.15) is 0 Å². The SMILES string of the molecule is Cn1cc(CN2CCc3c([nH]c4ccccc34)[C@H]2C2CCCCC2)cn1. The first-order valence-electron chi connectivity index (χ1n) is 10.1. The molecule has 1 aliphatic heterocycles. The van der Waals surface area contributed by atoms with Gasteiger partial charge >= 0.3 is 0 Å². The van der Waals surface area contributed by atoms with Crippen LogP contribution in [0.15, 0.2) is 36.7 Å². The second-order valence-electron chi connectivity index (χ2n) is 8.15. The fourth-order valence-electron chi connectivity index (χ4n) is 5.27. The summed E-state index contributed by atoms with van der Waals surface area (Å²) in [7, 11) is 2.01. The van der Waals surface area contributed by atoms with E-state index >= 15 is 0 Å². The number of aromatic nitrogens is 3. The van der Waals surface area contributed by atoms with Crippen molar-refractivity contribution in [2.75, 3.05) is 6.54 Å². The number of rotatable bonds is 3. The monoisotopic (exact) mass is 348 g/mol. The van der Waals surface area contributed by atoms with Crippen molar-refractivity contribution in [1.29, 1.82) is 0 Å². The first-order chi connectivity index (χ1) is 12.8. The normalized spacial score (nSPS) is 22.0. The summed E-state index contributed by atoms with van der Waals surface area (Å²) >= 11 is 0. The third-order valence-corrected chi connectivity index (χ3v) is 6.43. The van der Waals surface area contributed by atoms with E-state index in [1.807, 2.05) is 17.9 Å². The van der Waals surface area contributed by atoms with Crippen molar-refractivity contribution in [1.82, 2.24) is 19.7 Å². The minimum Gasteiger partial charge on any atom is -0.357 e. The highest BCUT2D eigenvalue weighted by atomic mass is 15.2. The van der Waals surface area contributed by atoms with E-state index in [0.717, 1.165) is 25.4 Å². The summed E-state index contributed by atoms with van der Waals surface area (Å²) < 4.78 is 1.92. The van der Waals surface area contributed by atoms with E-state index in [4.69, 9.17) is 0 Å². The zero-order valence-electron chi connectivity index (χ0n) is 15.6. The number of fused-ring (bicyclic) bond motifs is 3. The lowest BCUT2D eigenvalue weighted by molar-refractivity contribution is 0.0974. The first kappa shape index (κ1) is 16.1. The molecule has 1 aliphatic carbocycles. The Labute approximate surface area is 155 Å². The fraction of sp³-hybridized carbons (Fsp3) is 0.500. The van der Waals surface area contributed by atoms with Crippen LogP contribution in [0.5, 0.6) is 0 Å². The van der Waals surface area contributed by atoms with Crippen molar-refractivity contribution >= 4 is 10.9 Å². The summed E-state index contributed by atoms with van der Waals surface area (Å²) in [6.45, 7) is 2.15. The Morgan fingerprint density at radius 1 is 1.15 bits per heavy atom. The molecule has 1 N–H and O–H groups in total. The van der Waals surface area contributed by atoms with Crippen LogP contribution in [0.2, 0.25) is 0 Å². The van der Waals surface area contributed by atoms with Gasteiger partial charge in [-0.1, -0.05) is 37.5 Å². The molecule has 1 aromatic carbocycles. The lowest BCUT2D eigenvalue weighted by atomic mass is 9.79. The van der Waals surface area contributed by atoms with E-state index in [1.54, 1.807) is 5.56 Å². The molecule has 0 amide bonds. The van der Waals surface area contributed by atoms with Gasteiger partial charge in [-0.25, -0.2) is 0 Å². The molecule has 2 aliphatic rings. The number of para-hydroxylation sites is 1. The topological polar surface area (TPSA) is 36.9 Å². The molecule has 1 atom stereocenters. The number of aryl methyl sites for hydroxylation is 1. The van der Waals surface area contributed by atoms with Crippen LogP contribution in [-0.2, 0) is 20.0 Å². The third kappa shape index (κ3) is 2.77. The molecule has 0 bridgehead atoms. The molecule has 136 valence electrons. The van der Waals surface area contributed by atoms with E-state index in [9.17, 15) is 0 Å². The highest BCUT2D eigenvalue weighted by Gasteiger charge is 2.36. The van der Waals surface area contributed by atoms with E-state index < -0.39 is 0 Å². The summed E-state index contributed by atoms with van der Waals surface area (Å²) in [5, 5.41) is 5.82. The number of nitrogens with one attached hydrogen (secondary N) is 1. The smallest absolute Gasteiger partial charge is 0.0534 e. The number of benzene rings is 1. The van der Waals surface area contributed by atoms with Crippen LogP contribution in [0, 0.1) is 5.92 Å². The second-order valence-corrected chi connectivity index (χ2v) is 8.15. The largest absolute Gasteiger partial charge is 0.357 e. The number of aromatic amines is 1. The lowest BCUT2D eigenvalue weighted by Gasteiger charge is -2.41. The van der Waals surface area contributed by atoms with Gasteiger partial charge in [0.2, 0.25) is 0 Å². The minimum absolute atomic E-state index is 0.520. The molecule has 3 heterocycles. The van der Waals surface area contributed by atoms with Crippen LogP contribution in [0.4, 0.5) is 0 Å². The number of hydrogen-bond acceptors (Lipinski definition) is 2. The average molecular weight is 348 g/mol. The Hall–Kier alpha value is -2.07. The highest BCUT2D eigenvalue weighted by molar-refractivity contribution is 5.85. The molecule has 5 rings (SSSR count). The Morgan fingerprint density at radius 2 is 2.00 bits per heavy atom. The van der Waals surface area contributed by atoms with Gasteiger partial charge in [-0.2, -0.15) is 5.10 Å². The first-order valence-corrected chi connectivity index (χ1v) is 10.1. The van der Waals surface area contributed by atoms with Gasteiger partial charge < -0.3 is 4.98 Å². The summed E-state index contributed by atoms with van der Waals surface area (Å²) in [6, 6.07) is 9.37.